The maximum Gasteiger partial charge on any atom is 0.247 e. The summed E-state index contributed by atoms with van der Waals surface area (Å²) in [6.07, 6.45) is 0. The lowest BCUT2D eigenvalue weighted by atomic mass is 10.2. The highest BCUT2D eigenvalue weighted by molar-refractivity contribution is 7.11. The summed E-state index contributed by atoms with van der Waals surface area (Å²) in [5, 5.41) is 5.46. The smallest absolute Gasteiger partial charge is 0.247 e. The van der Waals surface area contributed by atoms with Gasteiger partial charge in [0.05, 0.1) is 22.4 Å². The molecule has 0 radical (unpaired) electrons. The molecule has 0 spiro atoms. The Morgan fingerprint density at radius 3 is 2.36 bits per heavy atom. The number of thiazole rings is 1. The highest BCUT2D eigenvalue weighted by Crippen LogP contribution is 2.29. The number of aromatic nitrogens is 3. The molecule has 120 valence electrons. The molecule has 22 heavy (non-hydrogen) atoms. The summed E-state index contributed by atoms with van der Waals surface area (Å²) in [7, 11) is 1.85. The molecule has 0 aliphatic heterocycles. The lowest BCUT2D eigenvalue weighted by Crippen LogP contribution is -2.35. The fraction of sp³-hybridized carbons (Fsp3) is 0.562. The van der Waals surface area contributed by atoms with Crippen LogP contribution in [0, 0.1) is 27.7 Å². The van der Waals surface area contributed by atoms with Crippen molar-refractivity contribution >= 4 is 17.2 Å². The van der Waals surface area contributed by atoms with Crippen molar-refractivity contribution in [3.63, 3.8) is 0 Å². The monoisotopic (exact) mass is 320 g/mol. The second kappa shape index (κ2) is 6.20. The largest absolute Gasteiger partial charge is 0.336 e. The first-order valence-corrected chi connectivity index (χ1v) is 8.27. The third-order valence-electron chi connectivity index (χ3n) is 4.02. The Morgan fingerprint density at radius 1 is 1.27 bits per heavy atom. The van der Waals surface area contributed by atoms with E-state index in [2.05, 4.69) is 10.1 Å². The first kappa shape index (κ1) is 16.7. The predicted octanol–water partition coefficient (Wildman–Crippen LogP) is 3.35. The van der Waals surface area contributed by atoms with E-state index in [1.54, 1.807) is 20.9 Å². The van der Waals surface area contributed by atoms with Crippen molar-refractivity contribution in [1.82, 2.24) is 19.7 Å². The van der Waals surface area contributed by atoms with Gasteiger partial charge < -0.3 is 4.90 Å². The molecule has 0 aliphatic carbocycles. The van der Waals surface area contributed by atoms with Gasteiger partial charge in [-0.15, -0.1) is 11.3 Å². The standard InChI is InChI=1S/C16H24N4OS/c1-9-8-10(2)20(18-9)13(5)16(21)19(7)12(4)15-11(3)17-14(6)22-15/h8,12-13H,1-7H3. The van der Waals surface area contributed by atoms with Crippen molar-refractivity contribution in [2.45, 2.75) is 53.6 Å². The van der Waals surface area contributed by atoms with Gasteiger partial charge >= 0.3 is 0 Å². The molecule has 6 heteroatoms. The second-order valence-electron chi connectivity index (χ2n) is 5.86. The minimum Gasteiger partial charge on any atom is -0.336 e. The van der Waals surface area contributed by atoms with Gasteiger partial charge in [0.15, 0.2) is 0 Å². The lowest BCUT2D eigenvalue weighted by Gasteiger charge is -2.27. The normalized spacial score (nSPS) is 14.0. The van der Waals surface area contributed by atoms with Crippen LogP contribution in [0.25, 0.3) is 0 Å². The fourth-order valence-electron chi connectivity index (χ4n) is 2.74. The molecule has 5 nitrogen and oxygen atoms in total. The van der Waals surface area contributed by atoms with E-state index in [4.69, 9.17) is 0 Å². The molecule has 0 N–H and O–H groups in total. The Balaban J connectivity index is 2.21. The van der Waals surface area contributed by atoms with Crippen molar-refractivity contribution in [2.24, 2.45) is 0 Å². The zero-order valence-electron chi connectivity index (χ0n) is 14.3. The average molecular weight is 320 g/mol. The van der Waals surface area contributed by atoms with Gasteiger partial charge in [-0.1, -0.05) is 0 Å². The molecule has 0 saturated carbocycles. The number of carbonyl (C=O) groups excluding carboxylic acids is 1. The Morgan fingerprint density at radius 2 is 1.91 bits per heavy atom. The van der Waals surface area contributed by atoms with Crippen LogP contribution in [-0.2, 0) is 4.79 Å². The van der Waals surface area contributed by atoms with Crippen molar-refractivity contribution in [1.29, 1.82) is 0 Å². The topological polar surface area (TPSA) is 51.0 Å². The quantitative estimate of drug-likeness (QED) is 0.868. The number of nitrogens with zero attached hydrogens (tertiary/aromatic N) is 4. The van der Waals surface area contributed by atoms with Gasteiger partial charge in [0.2, 0.25) is 5.91 Å². The van der Waals surface area contributed by atoms with Gasteiger partial charge in [0, 0.05) is 17.6 Å². The molecule has 2 rings (SSSR count). The summed E-state index contributed by atoms with van der Waals surface area (Å²) in [6, 6.07) is 1.69. The highest BCUT2D eigenvalue weighted by atomic mass is 32.1. The van der Waals surface area contributed by atoms with E-state index in [-0.39, 0.29) is 18.0 Å². The van der Waals surface area contributed by atoms with Crippen LogP contribution in [0.4, 0.5) is 0 Å². The summed E-state index contributed by atoms with van der Waals surface area (Å²) in [5.74, 6) is 0.0594. The van der Waals surface area contributed by atoms with E-state index in [1.165, 1.54) is 0 Å². The number of hydrogen-bond donors (Lipinski definition) is 0. The number of amides is 1. The molecule has 2 heterocycles. The SMILES string of the molecule is Cc1cc(C)n(C(C)C(=O)N(C)C(C)c2sc(C)nc2C)n1. The first-order valence-electron chi connectivity index (χ1n) is 7.45. The fourth-order valence-corrected chi connectivity index (χ4v) is 3.76. The predicted molar refractivity (Wildman–Crippen MR) is 89.2 cm³/mol. The van der Waals surface area contributed by atoms with Crippen molar-refractivity contribution in [3.8, 4) is 0 Å². The zero-order chi connectivity index (χ0) is 16.6. The highest BCUT2D eigenvalue weighted by Gasteiger charge is 2.27. The number of likely N-dealkylation sites (N-methyl/N-ethyl adjacent to an activating group) is 1. The van der Waals surface area contributed by atoms with E-state index < -0.39 is 0 Å². The number of carbonyl (C=O) groups is 1. The molecule has 1 amide bonds. The summed E-state index contributed by atoms with van der Waals surface area (Å²) in [5.41, 5.74) is 2.94. The van der Waals surface area contributed by atoms with Gasteiger partial charge in [0.25, 0.3) is 0 Å². The maximum atomic E-state index is 12.8. The lowest BCUT2D eigenvalue weighted by molar-refractivity contribution is -0.135. The van der Waals surface area contributed by atoms with Crippen molar-refractivity contribution in [2.75, 3.05) is 7.05 Å². The van der Waals surface area contributed by atoms with Crippen LogP contribution in [0.2, 0.25) is 0 Å². The molecular weight excluding hydrogens is 296 g/mol. The summed E-state index contributed by atoms with van der Waals surface area (Å²) < 4.78 is 1.80. The maximum absolute atomic E-state index is 12.8. The van der Waals surface area contributed by atoms with Gasteiger partial charge in [-0.3, -0.25) is 9.48 Å². The van der Waals surface area contributed by atoms with Crippen LogP contribution >= 0.6 is 11.3 Å². The van der Waals surface area contributed by atoms with Crippen LogP contribution in [0.1, 0.15) is 52.9 Å². The summed E-state index contributed by atoms with van der Waals surface area (Å²) in [6.45, 7) is 11.9. The molecule has 0 saturated heterocycles. The third kappa shape index (κ3) is 3.06. The second-order valence-corrected chi connectivity index (χ2v) is 7.09. The van der Waals surface area contributed by atoms with Crippen LogP contribution in [0.3, 0.4) is 0 Å². The Labute approximate surface area is 136 Å². The molecule has 2 aromatic heterocycles. The van der Waals surface area contributed by atoms with Gasteiger partial charge in [-0.05, 0) is 47.6 Å². The molecule has 2 aromatic rings. The van der Waals surface area contributed by atoms with E-state index in [0.717, 1.165) is 27.0 Å². The minimum absolute atomic E-state index is 0.0121. The molecule has 2 unspecified atom stereocenters. The number of aryl methyl sites for hydroxylation is 4. The Kier molecular flexibility index (Phi) is 4.70. The van der Waals surface area contributed by atoms with Crippen molar-refractivity contribution < 1.29 is 4.79 Å². The van der Waals surface area contributed by atoms with Gasteiger partial charge in [-0.25, -0.2) is 4.98 Å². The Hall–Kier alpha value is -1.69. The molecular formula is C16H24N4OS. The Bertz CT molecular complexity index is 688. The van der Waals surface area contributed by atoms with E-state index in [1.807, 2.05) is 54.7 Å². The van der Waals surface area contributed by atoms with Gasteiger partial charge in [-0.2, -0.15) is 5.10 Å². The average Bonchev–Trinajstić information content (AvgIpc) is 2.96. The molecule has 0 aromatic carbocycles. The zero-order valence-corrected chi connectivity index (χ0v) is 15.2. The third-order valence-corrected chi connectivity index (χ3v) is 5.26. The van der Waals surface area contributed by atoms with Crippen LogP contribution in [0.5, 0.6) is 0 Å². The minimum atomic E-state index is -0.310. The summed E-state index contributed by atoms with van der Waals surface area (Å²) in [4.78, 5) is 20.2. The van der Waals surface area contributed by atoms with Crippen LogP contribution < -0.4 is 0 Å². The molecule has 0 fully saturated rings. The van der Waals surface area contributed by atoms with E-state index in [9.17, 15) is 4.79 Å². The first-order chi connectivity index (χ1) is 10.2. The van der Waals surface area contributed by atoms with Crippen LogP contribution in [-0.4, -0.2) is 32.6 Å². The van der Waals surface area contributed by atoms with E-state index in [0.29, 0.717) is 0 Å². The van der Waals surface area contributed by atoms with Crippen LogP contribution in [0.15, 0.2) is 6.07 Å². The number of rotatable bonds is 4. The number of hydrogen-bond acceptors (Lipinski definition) is 4. The van der Waals surface area contributed by atoms with E-state index >= 15 is 0 Å². The van der Waals surface area contributed by atoms with Gasteiger partial charge in [0.1, 0.15) is 6.04 Å². The van der Waals surface area contributed by atoms with Crippen molar-refractivity contribution in [3.05, 3.63) is 33.0 Å². The molecule has 2 atom stereocenters. The molecule has 0 aliphatic rings. The molecule has 0 bridgehead atoms. The summed E-state index contributed by atoms with van der Waals surface area (Å²) >= 11 is 1.66.